The molecule has 0 aromatic heterocycles. The summed E-state index contributed by atoms with van der Waals surface area (Å²) >= 11 is 4.48. The summed E-state index contributed by atoms with van der Waals surface area (Å²) in [4.78, 5) is 13.8. The monoisotopic (exact) mass is 201 g/mol. The van der Waals surface area contributed by atoms with Crippen molar-refractivity contribution in [1.29, 1.82) is 0 Å². The van der Waals surface area contributed by atoms with Crippen molar-refractivity contribution in [2.75, 3.05) is 0 Å². The molecule has 0 aliphatic heterocycles. The van der Waals surface area contributed by atoms with E-state index in [0.29, 0.717) is 0 Å². The van der Waals surface area contributed by atoms with E-state index < -0.39 is 0 Å². The number of aliphatic imine (C=N–C) groups is 1. The van der Waals surface area contributed by atoms with E-state index in [0.717, 1.165) is 17.5 Å². The Hall–Kier alpha value is -1.75. The number of rotatable bonds is 2. The van der Waals surface area contributed by atoms with Crippen LogP contribution in [0.15, 0.2) is 29.3 Å². The number of aldehydes is 1. The lowest BCUT2D eigenvalue weighted by atomic mass is 10.2. The molecule has 0 aliphatic carbocycles. The molecule has 14 heavy (non-hydrogen) atoms. The number of carbonyl (C=O) groups excluding carboxylic acids is 1. The zero-order valence-corrected chi connectivity index (χ0v) is 8.17. The van der Waals surface area contributed by atoms with Crippen LogP contribution in [-0.4, -0.2) is 11.4 Å². The summed E-state index contributed by atoms with van der Waals surface area (Å²) < 4.78 is 0. The Kier molecular flexibility index (Phi) is 4.30. The Morgan fingerprint density at radius 1 is 1.50 bits per heavy atom. The van der Waals surface area contributed by atoms with E-state index in [1.54, 1.807) is 6.07 Å². The maximum Gasteiger partial charge on any atom is 0.131 e. The first-order chi connectivity index (χ1) is 6.86. The van der Waals surface area contributed by atoms with Gasteiger partial charge in [-0.05, 0) is 30.4 Å². The first-order valence-corrected chi connectivity index (χ1v) is 4.38. The van der Waals surface area contributed by atoms with Crippen LogP contribution < -0.4 is 0 Å². The van der Waals surface area contributed by atoms with Gasteiger partial charge in [-0.25, -0.2) is 0 Å². The molecule has 3 heteroatoms. The van der Waals surface area contributed by atoms with Crippen LogP contribution in [0.1, 0.15) is 12.0 Å². The summed E-state index contributed by atoms with van der Waals surface area (Å²) in [5.41, 5.74) is 1.54. The lowest BCUT2D eigenvalue weighted by molar-refractivity contribution is -0.107. The Balaban J connectivity index is 2.89. The quantitative estimate of drug-likeness (QED) is 0.318. The predicted molar refractivity (Wildman–Crippen MR) is 58.7 cm³/mol. The molecule has 0 fully saturated rings. The molecule has 0 saturated carbocycles. The highest BCUT2D eigenvalue weighted by atomic mass is 32.1. The highest BCUT2D eigenvalue weighted by Gasteiger charge is 1.89. The standard InChI is InChI=1S/C11H7NOS/c13-7-2-1-4-10-5-3-6-11(8-10)12-9-14/h3,5-8H,2H2. The SMILES string of the molecule is O=CCC#Cc1cccc(N=C=S)c1. The lowest BCUT2D eigenvalue weighted by Crippen LogP contribution is -1.73. The van der Waals surface area contributed by atoms with Crippen LogP contribution in [0.4, 0.5) is 5.69 Å². The number of hydrogen-bond donors (Lipinski definition) is 0. The van der Waals surface area contributed by atoms with Gasteiger partial charge in [-0.2, -0.15) is 4.99 Å². The fourth-order valence-corrected chi connectivity index (χ4v) is 1.01. The Labute approximate surface area is 87.7 Å². The second-order valence-corrected chi connectivity index (χ2v) is 2.61. The third-order valence-corrected chi connectivity index (χ3v) is 1.53. The summed E-state index contributed by atoms with van der Waals surface area (Å²) in [6.07, 6.45) is 1.02. The molecular weight excluding hydrogens is 194 g/mol. The molecule has 0 N–H and O–H groups in total. The largest absolute Gasteiger partial charge is 0.302 e. The topological polar surface area (TPSA) is 29.4 Å². The zero-order chi connectivity index (χ0) is 10.2. The van der Waals surface area contributed by atoms with E-state index in [1.807, 2.05) is 18.2 Å². The van der Waals surface area contributed by atoms with Crippen molar-refractivity contribution in [3.05, 3.63) is 29.8 Å². The highest BCUT2D eigenvalue weighted by Crippen LogP contribution is 2.12. The van der Waals surface area contributed by atoms with Gasteiger partial charge in [-0.1, -0.05) is 17.9 Å². The molecule has 0 radical (unpaired) electrons. The van der Waals surface area contributed by atoms with E-state index in [1.165, 1.54) is 0 Å². The second kappa shape index (κ2) is 5.82. The highest BCUT2D eigenvalue weighted by molar-refractivity contribution is 7.78. The molecular formula is C11H7NOS. The molecule has 0 atom stereocenters. The third kappa shape index (κ3) is 3.32. The van der Waals surface area contributed by atoms with Gasteiger partial charge in [0.2, 0.25) is 0 Å². The van der Waals surface area contributed by atoms with Crippen molar-refractivity contribution < 1.29 is 4.79 Å². The minimum absolute atomic E-state index is 0.251. The van der Waals surface area contributed by atoms with Crippen molar-refractivity contribution >= 4 is 29.4 Å². The maximum absolute atomic E-state index is 10.0. The first-order valence-electron chi connectivity index (χ1n) is 3.97. The number of benzene rings is 1. The lowest BCUT2D eigenvalue weighted by Gasteiger charge is -1.91. The first kappa shape index (κ1) is 10.3. The number of thiocarbonyl (C=S) groups is 1. The molecule has 2 nitrogen and oxygen atoms in total. The van der Waals surface area contributed by atoms with Crippen molar-refractivity contribution in [2.45, 2.75) is 6.42 Å². The molecule has 1 aromatic rings. The van der Waals surface area contributed by atoms with Gasteiger partial charge in [0.1, 0.15) is 6.29 Å². The second-order valence-electron chi connectivity index (χ2n) is 2.43. The van der Waals surface area contributed by atoms with E-state index in [9.17, 15) is 4.79 Å². The number of carbonyl (C=O) groups is 1. The number of hydrogen-bond acceptors (Lipinski definition) is 3. The number of isothiocyanates is 1. The summed E-state index contributed by atoms with van der Waals surface area (Å²) in [6, 6.07) is 7.28. The normalized spacial score (nSPS) is 8.00. The Morgan fingerprint density at radius 3 is 3.07 bits per heavy atom. The third-order valence-electron chi connectivity index (χ3n) is 1.44. The van der Waals surface area contributed by atoms with Gasteiger partial charge in [0.25, 0.3) is 0 Å². The summed E-state index contributed by atoms with van der Waals surface area (Å²) in [7, 11) is 0. The van der Waals surface area contributed by atoms with Crippen LogP contribution in [0, 0.1) is 11.8 Å². The van der Waals surface area contributed by atoms with Gasteiger partial charge in [-0.3, -0.25) is 0 Å². The minimum Gasteiger partial charge on any atom is -0.302 e. The Morgan fingerprint density at radius 2 is 2.36 bits per heavy atom. The van der Waals surface area contributed by atoms with Gasteiger partial charge in [0.15, 0.2) is 0 Å². The van der Waals surface area contributed by atoms with E-state index in [4.69, 9.17) is 0 Å². The molecule has 0 unspecified atom stereocenters. The van der Waals surface area contributed by atoms with Gasteiger partial charge < -0.3 is 4.79 Å². The van der Waals surface area contributed by atoms with Crippen molar-refractivity contribution in [2.24, 2.45) is 4.99 Å². The summed E-state index contributed by atoms with van der Waals surface area (Å²) in [5, 5.41) is 2.28. The summed E-state index contributed by atoms with van der Waals surface area (Å²) in [5.74, 6) is 5.56. The van der Waals surface area contributed by atoms with Crippen molar-refractivity contribution in [3.8, 4) is 11.8 Å². The van der Waals surface area contributed by atoms with Crippen molar-refractivity contribution in [3.63, 3.8) is 0 Å². The van der Waals surface area contributed by atoms with Crippen LogP contribution in [0.5, 0.6) is 0 Å². The molecule has 1 rings (SSSR count). The van der Waals surface area contributed by atoms with Gasteiger partial charge in [0, 0.05) is 5.56 Å². The molecule has 0 saturated heterocycles. The van der Waals surface area contributed by atoms with E-state index in [-0.39, 0.29) is 6.42 Å². The number of nitrogens with zero attached hydrogens (tertiary/aromatic N) is 1. The maximum atomic E-state index is 10.0. The molecule has 0 aliphatic rings. The van der Waals surface area contributed by atoms with Crippen LogP contribution in [0.3, 0.4) is 0 Å². The minimum atomic E-state index is 0.251. The van der Waals surface area contributed by atoms with Crippen molar-refractivity contribution in [1.82, 2.24) is 0 Å². The fraction of sp³-hybridized carbons (Fsp3) is 0.0909. The molecule has 0 bridgehead atoms. The zero-order valence-electron chi connectivity index (χ0n) is 7.36. The smallest absolute Gasteiger partial charge is 0.131 e. The molecule has 68 valence electrons. The summed E-state index contributed by atoms with van der Waals surface area (Å²) in [6.45, 7) is 0. The Bertz CT molecular complexity index is 436. The molecule has 0 spiro atoms. The average molecular weight is 201 g/mol. The van der Waals surface area contributed by atoms with Gasteiger partial charge in [-0.15, -0.1) is 0 Å². The van der Waals surface area contributed by atoms with Gasteiger partial charge >= 0.3 is 0 Å². The van der Waals surface area contributed by atoms with Crippen LogP contribution in [-0.2, 0) is 4.79 Å². The average Bonchev–Trinajstić information content (AvgIpc) is 2.19. The molecule has 0 heterocycles. The van der Waals surface area contributed by atoms with E-state index in [2.05, 4.69) is 34.2 Å². The fourth-order valence-electron chi connectivity index (χ4n) is 0.901. The van der Waals surface area contributed by atoms with Gasteiger partial charge in [0.05, 0.1) is 17.3 Å². The van der Waals surface area contributed by atoms with Crippen LogP contribution >= 0.6 is 12.2 Å². The van der Waals surface area contributed by atoms with Crippen LogP contribution in [0.2, 0.25) is 0 Å². The van der Waals surface area contributed by atoms with Crippen LogP contribution in [0.25, 0.3) is 0 Å². The molecule has 0 amide bonds. The predicted octanol–water partition coefficient (Wildman–Crippen LogP) is 2.36. The van der Waals surface area contributed by atoms with E-state index >= 15 is 0 Å². The molecule has 1 aromatic carbocycles.